The van der Waals surface area contributed by atoms with Crippen molar-refractivity contribution >= 4 is 60.3 Å². The Hall–Kier alpha value is -2.75. The van der Waals surface area contributed by atoms with Crippen molar-refractivity contribution in [2.45, 2.75) is 6.54 Å². The third kappa shape index (κ3) is 4.85. The van der Waals surface area contributed by atoms with E-state index in [0.717, 1.165) is 10.0 Å². The first kappa shape index (κ1) is 22.4. The van der Waals surface area contributed by atoms with E-state index >= 15 is 0 Å². The number of aromatic nitrogens is 2. The Balaban J connectivity index is 1.50. The molecule has 0 spiro atoms. The minimum absolute atomic E-state index is 0.0927. The van der Waals surface area contributed by atoms with Crippen molar-refractivity contribution in [1.82, 2.24) is 15.1 Å². The van der Waals surface area contributed by atoms with Crippen molar-refractivity contribution in [2.24, 2.45) is 0 Å². The molecule has 0 aliphatic carbocycles. The zero-order valence-corrected chi connectivity index (χ0v) is 20.2. The van der Waals surface area contributed by atoms with Crippen LogP contribution in [0.4, 0.5) is 0 Å². The first-order valence-corrected chi connectivity index (χ1v) is 11.3. The second-order valence-corrected chi connectivity index (χ2v) is 9.00. The summed E-state index contributed by atoms with van der Waals surface area (Å²) in [6.45, 7) is 0.220. The highest BCUT2D eigenvalue weighted by molar-refractivity contribution is 9.11. The molecule has 0 unspecified atom stereocenters. The summed E-state index contributed by atoms with van der Waals surface area (Å²) in [6.07, 6.45) is 0. The highest BCUT2D eigenvalue weighted by Gasteiger charge is 2.15. The molecular formula is C22H14Br2ClN3O4. The zero-order chi connectivity index (χ0) is 22.8. The maximum absolute atomic E-state index is 12.6. The van der Waals surface area contributed by atoms with Crippen molar-refractivity contribution in [3.63, 3.8) is 0 Å². The molecule has 0 saturated heterocycles. The van der Waals surface area contributed by atoms with Crippen LogP contribution >= 0.6 is 43.5 Å². The molecule has 7 nitrogen and oxygen atoms in total. The normalized spacial score (nSPS) is 11.0. The van der Waals surface area contributed by atoms with E-state index in [1.54, 1.807) is 42.5 Å². The van der Waals surface area contributed by atoms with Gasteiger partial charge in [-0.05, 0) is 52.3 Å². The number of benzene rings is 2. The number of hydrogen-bond donors (Lipinski definition) is 1. The second kappa shape index (κ2) is 9.40. The van der Waals surface area contributed by atoms with Gasteiger partial charge in [-0.3, -0.25) is 9.59 Å². The Morgan fingerprint density at radius 2 is 1.81 bits per heavy atom. The summed E-state index contributed by atoms with van der Waals surface area (Å²) in [6, 6.07) is 15.1. The number of nitrogens with one attached hydrogen (secondary N) is 1. The molecule has 32 heavy (non-hydrogen) atoms. The van der Waals surface area contributed by atoms with Crippen LogP contribution in [0.25, 0.3) is 22.2 Å². The molecule has 4 aromatic rings. The van der Waals surface area contributed by atoms with E-state index in [0.29, 0.717) is 26.2 Å². The van der Waals surface area contributed by atoms with E-state index in [1.165, 1.54) is 16.8 Å². The lowest BCUT2D eigenvalue weighted by molar-refractivity contribution is 0.0948. The lowest BCUT2D eigenvalue weighted by Crippen LogP contribution is -2.33. The second-order valence-electron chi connectivity index (χ2n) is 6.80. The monoisotopic (exact) mass is 577 g/mol. The van der Waals surface area contributed by atoms with Crippen LogP contribution in [0.3, 0.4) is 0 Å². The molecule has 0 saturated carbocycles. The Morgan fingerprint density at radius 1 is 1.06 bits per heavy atom. The van der Waals surface area contributed by atoms with Crippen molar-refractivity contribution in [1.29, 1.82) is 0 Å². The van der Waals surface area contributed by atoms with Gasteiger partial charge in [0.15, 0.2) is 5.58 Å². The Morgan fingerprint density at radius 3 is 2.56 bits per heavy atom. The maximum Gasteiger partial charge on any atom is 0.349 e. The summed E-state index contributed by atoms with van der Waals surface area (Å²) >= 11 is 12.6. The van der Waals surface area contributed by atoms with Gasteiger partial charge in [-0.15, -0.1) is 0 Å². The summed E-state index contributed by atoms with van der Waals surface area (Å²) in [7, 11) is 0. The smallest absolute Gasteiger partial charge is 0.349 e. The highest BCUT2D eigenvalue weighted by atomic mass is 79.9. The minimum atomic E-state index is -0.752. The highest BCUT2D eigenvalue weighted by Crippen LogP contribution is 2.28. The summed E-state index contributed by atoms with van der Waals surface area (Å²) in [5, 5.41) is 8.16. The Labute approximate surface area is 203 Å². The maximum atomic E-state index is 12.6. The van der Waals surface area contributed by atoms with Gasteiger partial charge in [-0.1, -0.05) is 39.7 Å². The number of amides is 1. The zero-order valence-electron chi connectivity index (χ0n) is 16.3. The van der Waals surface area contributed by atoms with E-state index in [1.807, 2.05) is 0 Å². The van der Waals surface area contributed by atoms with E-state index in [4.69, 9.17) is 16.0 Å². The lowest BCUT2D eigenvalue weighted by Gasteiger charge is -2.09. The van der Waals surface area contributed by atoms with Gasteiger partial charge in [0.2, 0.25) is 0 Å². The van der Waals surface area contributed by atoms with Gasteiger partial charge in [-0.2, -0.15) is 5.10 Å². The van der Waals surface area contributed by atoms with Crippen LogP contribution < -0.4 is 16.5 Å². The molecule has 2 heterocycles. The molecule has 0 aliphatic rings. The minimum Gasteiger partial charge on any atom is -0.421 e. The van der Waals surface area contributed by atoms with Crippen LogP contribution in [0.15, 0.2) is 77.5 Å². The molecule has 2 aromatic carbocycles. The predicted molar refractivity (Wildman–Crippen MR) is 129 cm³/mol. The van der Waals surface area contributed by atoms with Crippen LogP contribution in [0, 0.1) is 0 Å². The Kier molecular flexibility index (Phi) is 6.59. The van der Waals surface area contributed by atoms with Crippen molar-refractivity contribution < 1.29 is 9.21 Å². The fourth-order valence-corrected chi connectivity index (χ4v) is 4.53. The number of carbonyl (C=O) groups excluding carboxylic acids is 1. The summed E-state index contributed by atoms with van der Waals surface area (Å²) in [5.74, 6) is -0.598. The lowest BCUT2D eigenvalue weighted by atomic mass is 10.1. The molecular weight excluding hydrogens is 566 g/mol. The first-order valence-electron chi connectivity index (χ1n) is 9.37. The van der Waals surface area contributed by atoms with Crippen LogP contribution in [0.1, 0.15) is 10.4 Å². The number of carbonyl (C=O) groups is 1. The van der Waals surface area contributed by atoms with Crippen LogP contribution in [0.5, 0.6) is 0 Å². The fraction of sp³-hybridized carbons (Fsp3) is 0.0909. The van der Waals surface area contributed by atoms with E-state index in [-0.39, 0.29) is 24.2 Å². The summed E-state index contributed by atoms with van der Waals surface area (Å²) < 4.78 is 7.91. The number of halogens is 3. The van der Waals surface area contributed by atoms with E-state index in [9.17, 15) is 14.4 Å². The average molecular weight is 580 g/mol. The molecule has 10 heteroatoms. The molecule has 1 N–H and O–H groups in total. The number of nitrogens with zero attached hydrogens (tertiary/aromatic N) is 2. The van der Waals surface area contributed by atoms with Crippen molar-refractivity contribution in [2.75, 3.05) is 6.54 Å². The molecule has 0 radical (unpaired) electrons. The number of hydrogen-bond acceptors (Lipinski definition) is 5. The molecule has 0 aliphatic heterocycles. The van der Waals surface area contributed by atoms with Crippen molar-refractivity contribution in [3.8, 4) is 11.3 Å². The third-order valence-electron chi connectivity index (χ3n) is 4.61. The molecule has 0 bridgehead atoms. The largest absolute Gasteiger partial charge is 0.421 e. The molecule has 0 atom stereocenters. The van der Waals surface area contributed by atoms with E-state index in [2.05, 4.69) is 42.3 Å². The summed E-state index contributed by atoms with van der Waals surface area (Å²) in [5.41, 5.74) is 0.564. The SMILES string of the molecule is O=C(NCCn1nc(-c2ccc(Cl)cc2)ccc1=O)c1cc2cc(Br)cc(Br)c2oc1=O. The fourth-order valence-electron chi connectivity index (χ4n) is 3.07. The van der Waals surface area contributed by atoms with Gasteiger partial charge in [0.05, 0.1) is 16.7 Å². The van der Waals surface area contributed by atoms with Gasteiger partial charge in [0.1, 0.15) is 5.56 Å². The van der Waals surface area contributed by atoms with Gasteiger partial charge in [-0.25, -0.2) is 9.48 Å². The van der Waals surface area contributed by atoms with Gasteiger partial charge in [0, 0.05) is 33.1 Å². The molecule has 4 rings (SSSR count). The molecule has 2 aromatic heterocycles. The van der Waals surface area contributed by atoms with Gasteiger partial charge < -0.3 is 9.73 Å². The predicted octanol–water partition coefficient (Wildman–Crippen LogP) is 4.63. The Bertz CT molecular complexity index is 1450. The summed E-state index contributed by atoms with van der Waals surface area (Å²) in [4.78, 5) is 37.0. The number of fused-ring (bicyclic) bond motifs is 1. The third-order valence-corrected chi connectivity index (χ3v) is 5.91. The average Bonchev–Trinajstić information content (AvgIpc) is 2.75. The number of rotatable bonds is 5. The van der Waals surface area contributed by atoms with Crippen LogP contribution in [-0.2, 0) is 6.54 Å². The van der Waals surface area contributed by atoms with Gasteiger partial charge >= 0.3 is 5.63 Å². The van der Waals surface area contributed by atoms with E-state index < -0.39 is 11.5 Å². The quantitative estimate of drug-likeness (QED) is 0.348. The first-order chi connectivity index (χ1) is 15.3. The standard InChI is InChI=1S/C22H14Br2ClN3O4/c23-14-9-13-10-16(22(31)32-20(13)17(24)11-14)21(30)26-7-8-28-19(29)6-5-18(27-28)12-1-3-15(25)4-2-12/h1-6,9-11H,7-8H2,(H,26,30). The van der Waals surface area contributed by atoms with Crippen molar-refractivity contribution in [3.05, 3.63) is 94.9 Å². The van der Waals surface area contributed by atoms with Crippen LogP contribution in [0.2, 0.25) is 5.02 Å². The molecule has 1 amide bonds. The molecule has 162 valence electrons. The van der Waals surface area contributed by atoms with Gasteiger partial charge in [0.25, 0.3) is 11.5 Å². The van der Waals surface area contributed by atoms with Crippen LogP contribution in [-0.4, -0.2) is 22.2 Å². The molecule has 0 fully saturated rings. The topological polar surface area (TPSA) is 94.2 Å².